The number of hydrogen-bond acceptors (Lipinski definition) is 9. The molecular weight excluding hydrogens is 588 g/mol. The molecule has 12 nitrogen and oxygen atoms in total. The van der Waals surface area contributed by atoms with Crippen LogP contribution in [0.25, 0.3) is 5.69 Å². The van der Waals surface area contributed by atoms with E-state index in [1.165, 1.54) is 0 Å². The predicted octanol–water partition coefficient (Wildman–Crippen LogP) is 6.27. The lowest BCUT2D eigenvalue weighted by molar-refractivity contribution is -0.169. The van der Waals surface area contributed by atoms with Gasteiger partial charge in [0.1, 0.15) is 5.60 Å². The Morgan fingerprint density at radius 1 is 1.11 bits per heavy atom. The van der Waals surface area contributed by atoms with Crippen molar-refractivity contribution < 1.29 is 28.6 Å². The summed E-state index contributed by atoms with van der Waals surface area (Å²) < 4.78 is 18.6. The minimum atomic E-state index is -0.708. The molecule has 1 unspecified atom stereocenters. The molecular formula is C34H46N6O6. The maximum absolute atomic E-state index is 13.3. The lowest BCUT2D eigenvalue weighted by atomic mass is 10.1. The molecule has 2 amide bonds. The van der Waals surface area contributed by atoms with Gasteiger partial charge < -0.3 is 24.4 Å². The Morgan fingerprint density at radius 2 is 1.87 bits per heavy atom. The van der Waals surface area contributed by atoms with Gasteiger partial charge in [0.2, 0.25) is 5.91 Å². The van der Waals surface area contributed by atoms with Crippen LogP contribution in [0, 0.1) is 12.8 Å². The van der Waals surface area contributed by atoms with Gasteiger partial charge in [-0.2, -0.15) is 0 Å². The zero-order chi connectivity index (χ0) is 33.4. The maximum Gasteiger partial charge on any atom is 0.412 e. The van der Waals surface area contributed by atoms with E-state index in [0.717, 1.165) is 37.1 Å². The first-order valence-electron chi connectivity index (χ1n) is 15.7. The topological polar surface area (TPSA) is 137 Å². The summed E-state index contributed by atoms with van der Waals surface area (Å²) in [7, 11) is 1.98. The number of benzene rings is 2. The van der Waals surface area contributed by atoms with Gasteiger partial charge in [0.05, 0.1) is 42.0 Å². The summed E-state index contributed by atoms with van der Waals surface area (Å²) in [5, 5.41) is 13.8. The van der Waals surface area contributed by atoms with Gasteiger partial charge >= 0.3 is 6.09 Å². The highest BCUT2D eigenvalue weighted by Crippen LogP contribution is 2.32. The molecule has 248 valence electrons. The number of nitrogens with one attached hydrogen (secondary N) is 2. The number of Topliss-reactive ketones (excluding diaryl/α,β-unsaturated/α-hetero) is 1. The van der Waals surface area contributed by atoms with E-state index < -0.39 is 24.0 Å². The number of hydrogen-bond donors (Lipinski definition) is 2. The molecule has 1 saturated heterocycles. The fourth-order valence-electron chi connectivity index (χ4n) is 5.22. The minimum absolute atomic E-state index is 0.253. The minimum Gasteiger partial charge on any atom is -0.444 e. The Labute approximate surface area is 270 Å². The summed E-state index contributed by atoms with van der Waals surface area (Å²) >= 11 is 0. The van der Waals surface area contributed by atoms with Crippen molar-refractivity contribution in [1.29, 1.82) is 0 Å². The van der Waals surface area contributed by atoms with Crippen molar-refractivity contribution in [2.75, 3.05) is 35.7 Å². The Morgan fingerprint density at radius 3 is 2.57 bits per heavy atom. The first-order valence-corrected chi connectivity index (χ1v) is 15.7. The van der Waals surface area contributed by atoms with E-state index >= 15 is 0 Å². The fraction of sp³-hybridized carbons (Fsp3) is 0.500. The van der Waals surface area contributed by atoms with Crippen molar-refractivity contribution in [1.82, 2.24) is 15.0 Å². The van der Waals surface area contributed by atoms with E-state index in [1.54, 1.807) is 62.0 Å². The molecule has 0 aliphatic carbocycles. The van der Waals surface area contributed by atoms with E-state index in [-0.39, 0.29) is 18.7 Å². The Bertz CT molecular complexity index is 1520. The number of ketones is 1. The van der Waals surface area contributed by atoms with Crippen LogP contribution in [0.5, 0.6) is 0 Å². The van der Waals surface area contributed by atoms with Crippen LogP contribution >= 0.6 is 0 Å². The van der Waals surface area contributed by atoms with Gasteiger partial charge in [0, 0.05) is 31.5 Å². The number of carbonyl (C=O) groups excluding carboxylic acids is 3. The van der Waals surface area contributed by atoms with Gasteiger partial charge in [-0.05, 0) is 82.7 Å². The SMILES string of the molecule is Cc1cc(NC(=O)CC(=O)c2cccc(-n3nncc3COC3CCCCO3)c2)c(NC(=O)OC(C)(C)C)cc1N(C)CC(C)C. The lowest BCUT2D eigenvalue weighted by Gasteiger charge is -2.26. The average Bonchev–Trinajstić information content (AvgIpc) is 3.45. The summed E-state index contributed by atoms with van der Waals surface area (Å²) in [6.07, 6.45) is 3.22. The van der Waals surface area contributed by atoms with Crippen LogP contribution in [0.1, 0.15) is 81.9 Å². The van der Waals surface area contributed by atoms with Crippen LogP contribution in [0.3, 0.4) is 0 Å². The second-order valence-corrected chi connectivity index (χ2v) is 13.0. The van der Waals surface area contributed by atoms with Gasteiger partial charge in [0.25, 0.3) is 0 Å². The summed E-state index contributed by atoms with van der Waals surface area (Å²) in [6.45, 7) is 13.2. The third-order valence-electron chi connectivity index (χ3n) is 7.20. The molecule has 1 fully saturated rings. The second-order valence-electron chi connectivity index (χ2n) is 13.0. The molecule has 0 bridgehead atoms. The molecule has 2 aromatic carbocycles. The molecule has 1 atom stereocenters. The van der Waals surface area contributed by atoms with E-state index in [2.05, 4.69) is 39.7 Å². The van der Waals surface area contributed by atoms with Crippen LogP contribution < -0.4 is 15.5 Å². The Kier molecular flexibility index (Phi) is 11.5. The number of carbonyl (C=O) groups is 3. The highest BCUT2D eigenvalue weighted by Gasteiger charge is 2.22. The van der Waals surface area contributed by atoms with Crippen LogP contribution in [0.15, 0.2) is 42.6 Å². The van der Waals surface area contributed by atoms with Gasteiger partial charge in [-0.1, -0.05) is 31.2 Å². The van der Waals surface area contributed by atoms with Crippen molar-refractivity contribution in [3.8, 4) is 5.69 Å². The smallest absolute Gasteiger partial charge is 0.412 e. The molecule has 1 aliphatic heterocycles. The van der Waals surface area contributed by atoms with Crippen LogP contribution in [-0.2, 0) is 25.6 Å². The van der Waals surface area contributed by atoms with Crippen molar-refractivity contribution in [3.63, 3.8) is 0 Å². The first-order chi connectivity index (χ1) is 21.8. The number of ether oxygens (including phenoxy) is 3. The molecule has 2 N–H and O–H groups in total. The molecule has 3 aromatic rings. The number of nitrogens with zero attached hydrogens (tertiary/aromatic N) is 4. The van der Waals surface area contributed by atoms with Crippen molar-refractivity contribution in [2.24, 2.45) is 5.92 Å². The molecule has 2 heterocycles. The van der Waals surface area contributed by atoms with E-state index in [9.17, 15) is 14.4 Å². The number of aromatic nitrogens is 3. The van der Waals surface area contributed by atoms with Gasteiger partial charge in [-0.15, -0.1) is 5.10 Å². The normalized spacial score (nSPS) is 15.0. The number of amides is 2. The van der Waals surface area contributed by atoms with Gasteiger partial charge in [0.15, 0.2) is 12.1 Å². The largest absolute Gasteiger partial charge is 0.444 e. The number of aryl methyl sites for hydroxylation is 1. The predicted molar refractivity (Wildman–Crippen MR) is 176 cm³/mol. The highest BCUT2D eigenvalue weighted by atomic mass is 16.7. The number of rotatable bonds is 12. The van der Waals surface area contributed by atoms with Crippen LogP contribution in [-0.4, -0.2) is 64.9 Å². The van der Waals surface area contributed by atoms with Crippen LogP contribution in [0.2, 0.25) is 0 Å². The molecule has 1 aliphatic rings. The second kappa shape index (κ2) is 15.3. The quantitative estimate of drug-likeness (QED) is 0.174. The molecule has 0 radical (unpaired) electrons. The maximum atomic E-state index is 13.3. The molecule has 12 heteroatoms. The van der Waals surface area contributed by atoms with Gasteiger partial charge in [-0.3, -0.25) is 14.9 Å². The molecule has 1 aromatic heterocycles. The van der Waals surface area contributed by atoms with Crippen LogP contribution in [0.4, 0.5) is 21.9 Å². The Hall–Kier alpha value is -4.29. The van der Waals surface area contributed by atoms with Crippen molar-refractivity contribution in [2.45, 2.75) is 85.7 Å². The summed E-state index contributed by atoms with van der Waals surface area (Å²) in [5.41, 5.74) is 3.50. The third kappa shape index (κ3) is 9.85. The first kappa shape index (κ1) is 34.6. The monoisotopic (exact) mass is 634 g/mol. The van der Waals surface area contributed by atoms with Crippen molar-refractivity contribution in [3.05, 3.63) is 59.4 Å². The summed E-state index contributed by atoms with van der Waals surface area (Å²) in [5.74, 6) is -0.483. The zero-order valence-corrected chi connectivity index (χ0v) is 27.9. The highest BCUT2D eigenvalue weighted by molar-refractivity contribution is 6.12. The van der Waals surface area contributed by atoms with Crippen molar-refractivity contribution >= 4 is 34.8 Å². The lowest BCUT2D eigenvalue weighted by Crippen LogP contribution is -2.28. The molecule has 4 rings (SSSR count). The number of anilines is 3. The van der Waals surface area contributed by atoms with Gasteiger partial charge in [-0.25, -0.2) is 9.48 Å². The third-order valence-corrected chi connectivity index (χ3v) is 7.20. The Balaban J connectivity index is 1.48. The average molecular weight is 635 g/mol. The van der Waals surface area contributed by atoms with E-state index in [1.807, 2.05) is 20.0 Å². The summed E-state index contributed by atoms with van der Waals surface area (Å²) in [6, 6.07) is 10.5. The zero-order valence-electron chi connectivity index (χ0n) is 27.9. The summed E-state index contributed by atoms with van der Waals surface area (Å²) in [4.78, 5) is 41.3. The molecule has 0 saturated carbocycles. The molecule has 46 heavy (non-hydrogen) atoms. The standard InChI is InChI=1S/C34H46N6O6/c1-22(2)20-39(7)29-17-28(37-33(43)46-34(4,5)6)27(15-23(29)3)36-31(42)18-30(41)24-11-10-12-25(16-24)40-26(19-35-38-40)21-45-32-13-8-9-14-44-32/h10-12,15-17,19,22,32H,8-9,13-14,18,20-21H2,1-7H3,(H,36,42)(H,37,43). The van der Waals surface area contributed by atoms with E-state index in [0.29, 0.717) is 40.8 Å². The fourth-order valence-corrected chi connectivity index (χ4v) is 5.22. The van der Waals surface area contributed by atoms with E-state index in [4.69, 9.17) is 14.2 Å². The molecule has 0 spiro atoms.